The van der Waals surface area contributed by atoms with Gasteiger partial charge in [-0.1, -0.05) is 97.1 Å². The summed E-state index contributed by atoms with van der Waals surface area (Å²) in [5, 5.41) is 2.71. The maximum absolute atomic E-state index is 2.57. The average molecular weight is 675 g/mol. The third-order valence-corrected chi connectivity index (χ3v) is 12.5. The van der Waals surface area contributed by atoms with E-state index < -0.39 is 0 Å². The van der Waals surface area contributed by atoms with E-state index in [0.29, 0.717) is 0 Å². The van der Waals surface area contributed by atoms with E-state index in [-0.39, 0.29) is 5.41 Å². The highest BCUT2D eigenvalue weighted by atomic mass is 32.1. The fourth-order valence-corrected chi connectivity index (χ4v) is 10.5. The van der Waals surface area contributed by atoms with Crippen LogP contribution in [0.1, 0.15) is 40.7 Å². The SMILES string of the molecule is Cc1c(N(c2ccccc2)c2cccc3c2[C@]2(CCc4cccc(N(c5ccccc5)c5ccccc5)c42)CC3)ccc2sc3ccccc3c12. The summed E-state index contributed by atoms with van der Waals surface area (Å²) in [6.45, 7) is 2.33. The van der Waals surface area contributed by atoms with Gasteiger partial charge in [-0.25, -0.2) is 0 Å². The zero-order valence-corrected chi connectivity index (χ0v) is 29.5. The molecule has 0 bridgehead atoms. The molecule has 0 radical (unpaired) electrons. The fraction of sp³-hybridized carbons (Fsp3) is 0.125. The van der Waals surface area contributed by atoms with Crippen molar-refractivity contribution >= 4 is 65.6 Å². The molecular formula is C48H38N2S. The second-order valence-electron chi connectivity index (χ2n) is 14.1. The molecule has 3 heteroatoms. The molecule has 0 aliphatic heterocycles. The Bertz CT molecular complexity index is 2510. The monoisotopic (exact) mass is 674 g/mol. The Morgan fingerprint density at radius 1 is 0.451 bits per heavy atom. The van der Waals surface area contributed by atoms with E-state index in [9.17, 15) is 0 Å². The van der Waals surface area contributed by atoms with Gasteiger partial charge in [-0.2, -0.15) is 0 Å². The molecule has 1 atom stereocenters. The molecule has 51 heavy (non-hydrogen) atoms. The Hall–Kier alpha value is -5.64. The van der Waals surface area contributed by atoms with Crippen molar-refractivity contribution in [2.75, 3.05) is 9.80 Å². The van der Waals surface area contributed by atoms with Gasteiger partial charge in [0.15, 0.2) is 0 Å². The number of fused-ring (bicyclic) bond motifs is 7. The van der Waals surface area contributed by atoms with Crippen molar-refractivity contribution in [2.45, 2.75) is 38.0 Å². The molecule has 0 unspecified atom stereocenters. The summed E-state index contributed by atoms with van der Waals surface area (Å²) in [5.74, 6) is 0. The summed E-state index contributed by atoms with van der Waals surface area (Å²) in [4.78, 5) is 5.06. The molecule has 246 valence electrons. The second-order valence-corrected chi connectivity index (χ2v) is 15.1. The van der Waals surface area contributed by atoms with Crippen LogP contribution in [0.5, 0.6) is 0 Å². The van der Waals surface area contributed by atoms with Gasteiger partial charge in [0.1, 0.15) is 0 Å². The molecule has 1 spiro atoms. The minimum absolute atomic E-state index is 0.111. The summed E-state index contributed by atoms with van der Waals surface area (Å²) in [6.07, 6.45) is 4.36. The van der Waals surface area contributed by atoms with Gasteiger partial charge in [0.05, 0.1) is 11.4 Å². The van der Waals surface area contributed by atoms with E-state index in [1.54, 1.807) is 0 Å². The molecule has 10 rings (SSSR count). The van der Waals surface area contributed by atoms with Crippen LogP contribution in [-0.2, 0) is 18.3 Å². The Kier molecular flexibility index (Phi) is 7.11. The largest absolute Gasteiger partial charge is 0.310 e. The Labute approximate surface area is 303 Å². The number of nitrogens with zero attached hydrogens (tertiary/aromatic N) is 2. The van der Waals surface area contributed by atoms with Crippen molar-refractivity contribution in [3.63, 3.8) is 0 Å². The zero-order valence-electron chi connectivity index (χ0n) is 28.7. The van der Waals surface area contributed by atoms with Gasteiger partial charge < -0.3 is 9.80 Å². The number of hydrogen-bond acceptors (Lipinski definition) is 3. The predicted octanol–water partition coefficient (Wildman–Crippen LogP) is 13.5. The van der Waals surface area contributed by atoms with Crippen molar-refractivity contribution in [3.8, 4) is 0 Å². The Morgan fingerprint density at radius 3 is 1.55 bits per heavy atom. The van der Waals surface area contributed by atoms with Crippen LogP contribution in [0.3, 0.4) is 0 Å². The lowest BCUT2D eigenvalue weighted by Crippen LogP contribution is -2.27. The molecule has 1 aromatic heterocycles. The van der Waals surface area contributed by atoms with E-state index in [4.69, 9.17) is 0 Å². The summed E-state index contributed by atoms with van der Waals surface area (Å²) >= 11 is 1.89. The summed E-state index contributed by atoms with van der Waals surface area (Å²) in [7, 11) is 0. The maximum Gasteiger partial charge on any atom is 0.0505 e. The molecule has 1 heterocycles. The van der Waals surface area contributed by atoms with Crippen LogP contribution in [0.25, 0.3) is 20.2 Å². The Balaban J connectivity index is 1.22. The van der Waals surface area contributed by atoms with Crippen LogP contribution in [0.4, 0.5) is 34.1 Å². The van der Waals surface area contributed by atoms with Crippen LogP contribution in [0.2, 0.25) is 0 Å². The van der Waals surface area contributed by atoms with E-state index in [1.165, 1.54) is 82.1 Å². The van der Waals surface area contributed by atoms with Crippen molar-refractivity contribution in [2.24, 2.45) is 0 Å². The minimum atomic E-state index is -0.111. The van der Waals surface area contributed by atoms with E-state index >= 15 is 0 Å². The lowest BCUT2D eigenvalue weighted by Gasteiger charge is -2.37. The highest BCUT2D eigenvalue weighted by Crippen LogP contribution is 2.60. The van der Waals surface area contributed by atoms with E-state index in [2.05, 4.69) is 181 Å². The first-order valence-electron chi connectivity index (χ1n) is 18.1. The summed E-state index contributed by atoms with van der Waals surface area (Å²) in [5.41, 5.74) is 14.5. The molecule has 2 nitrogen and oxygen atoms in total. The molecule has 2 aliphatic rings. The summed E-state index contributed by atoms with van der Waals surface area (Å²) < 4.78 is 2.69. The highest BCUT2D eigenvalue weighted by molar-refractivity contribution is 7.25. The molecule has 0 saturated carbocycles. The predicted molar refractivity (Wildman–Crippen MR) is 217 cm³/mol. The fourth-order valence-electron chi connectivity index (χ4n) is 9.30. The molecule has 0 N–H and O–H groups in total. The van der Waals surface area contributed by atoms with Gasteiger partial charge >= 0.3 is 0 Å². The molecule has 8 aromatic rings. The van der Waals surface area contributed by atoms with Crippen molar-refractivity contribution < 1.29 is 0 Å². The minimum Gasteiger partial charge on any atom is -0.310 e. The van der Waals surface area contributed by atoms with Gasteiger partial charge in [0.2, 0.25) is 0 Å². The topological polar surface area (TPSA) is 6.48 Å². The number of hydrogen-bond donors (Lipinski definition) is 0. The maximum atomic E-state index is 2.57. The van der Waals surface area contributed by atoms with Gasteiger partial charge in [0, 0.05) is 48.3 Å². The first-order valence-corrected chi connectivity index (χ1v) is 18.9. The van der Waals surface area contributed by atoms with E-state index in [1.807, 2.05) is 11.3 Å². The molecule has 2 aliphatic carbocycles. The number of rotatable bonds is 6. The Morgan fingerprint density at radius 2 is 0.961 bits per heavy atom. The van der Waals surface area contributed by atoms with Crippen LogP contribution in [0, 0.1) is 6.92 Å². The number of benzene rings is 7. The highest BCUT2D eigenvalue weighted by Gasteiger charge is 2.49. The standard InChI is InChI=1S/C48H38N2S/c1-33-40(27-28-44-45(33)39-23-11-12-26-43(39)51-44)50(38-21-9-4-10-22-38)42-25-14-16-35-30-32-48(47(35)42)31-29-34-15-13-24-41(46(34)48)49(36-17-5-2-6-18-36)37-19-7-3-8-20-37/h2-28H,29-32H2,1H3/t48-/m1/s1. The lowest BCUT2D eigenvalue weighted by atomic mass is 9.74. The van der Waals surface area contributed by atoms with E-state index in [0.717, 1.165) is 25.7 Å². The first-order chi connectivity index (χ1) is 25.2. The lowest BCUT2D eigenvalue weighted by molar-refractivity contribution is 0.508. The van der Waals surface area contributed by atoms with Crippen LogP contribution < -0.4 is 9.80 Å². The van der Waals surface area contributed by atoms with Gasteiger partial charge in [-0.05, 0) is 127 Å². The van der Waals surface area contributed by atoms with Crippen LogP contribution in [0.15, 0.2) is 164 Å². The molecule has 7 aromatic carbocycles. The van der Waals surface area contributed by atoms with Crippen molar-refractivity contribution in [1.82, 2.24) is 0 Å². The number of para-hydroxylation sites is 3. The normalized spacial score (nSPS) is 16.1. The number of thiophene rings is 1. The smallest absolute Gasteiger partial charge is 0.0505 e. The van der Waals surface area contributed by atoms with Gasteiger partial charge in [0.25, 0.3) is 0 Å². The molecular weight excluding hydrogens is 637 g/mol. The summed E-state index contributed by atoms with van der Waals surface area (Å²) in [6, 6.07) is 60.5. The van der Waals surface area contributed by atoms with Crippen LogP contribution >= 0.6 is 11.3 Å². The molecule has 0 amide bonds. The third kappa shape index (κ3) is 4.68. The van der Waals surface area contributed by atoms with Crippen LogP contribution in [-0.4, -0.2) is 0 Å². The second kappa shape index (κ2) is 12.0. The molecule has 0 fully saturated rings. The van der Waals surface area contributed by atoms with Gasteiger partial charge in [-0.3, -0.25) is 0 Å². The quantitative estimate of drug-likeness (QED) is 0.173. The number of aryl methyl sites for hydroxylation is 3. The third-order valence-electron chi connectivity index (χ3n) is 11.4. The van der Waals surface area contributed by atoms with Gasteiger partial charge in [-0.15, -0.1) is 11.3 Å². The molecule has 0 saturated heterocycles. The first kappa shape index (κ1) is 30.2. The number of anilines is 6. The average Bonchev–Trinajstić information content (AvgIpc) is 3.89. The van der Waals surface area contributed by atoms with Crippen molar-refractivity contribution in [3.05, 3.63) is 192 Å². The van der Waals surface area contributed by atoms with Crippen molar-refractivity contribution in [1.29, 1.82) is 0 Å². The zero-order chi connectivity index (χ0) is 33.9.